The topological polar surface area (TPSA) is 83.8 Å². The number of hydrogen-bond donors (Lipinski definition) is 2. The van der Waals surface area contributed by atoms with Crippen molar-refractivity contribution in [3.63, 3.8) is 0 Å². The minimum Gasteiger partial charge on any atom is -0.394 e. The largest absolute Gasteiger partial charge is 0.394 e. The third kappa shape index (κ3) is 3.60. The summed E-state index contributed by atoms with van der Waals surface area (Å²) >= 11 is 0. The van der Waals surface area contributed by atoms with Crippen LogP contribution in [0.2, 0.25) is 0 Å². The standard InChI is InChI=1S/C9H12O5S/c10-6-8(11)7-14-15(12,13)9-4-2-1-3-5-9/h1-5,8,10-11H,6-7H2. The van der Waals surface area contributed by atoms with Crippen LogP contribution in [0.25, 0.3) is 0 Å². The van der Waals surface area contributed by atoms with Gasteiger partial charge in [-0.25, -0.2) is 0 Å². The van der Waals surface area contributed by atoms with Gasteiger partial charge in [0, 0.05) is 0 Å². The van der Waals surface area contributed by atoms with Crippen LogP contribution < -0.4 is 0 Å². The molecule has 1 aromatic rings. The normalized spacial score (nSPS) is 13.7. The van der Waals surface area contributed by atoms with Crippen molar-refractivity contribution in [1.82, 2.24) is 0 Å². The smallest absolute Gasteiger partial charge is 0.297 e. The second kappa shape index (κ2) is 5.22. The highest BCUT2D eigenvalue weighted by atomic mass is 32.2. The van der Waals surface area contributed by atoms with Gasteiger partial charge in [0.25, 0.3) is 10.1 Å². The highest BCUT2D eigenvalue weighted by molar-refractivity contribution is 7.86. The van der Waals surface area contributed by atoms with Crippen molar-refractivity contribution in [2.45, 2.75) is 11.0 Å². The molecule has 0 bridgehead atoms. The number of hydrogen-bond acceptors (Lipinski definition) is 5. The Bertz CT molecular complexity index is 386. The van der Waals surface area contributed by atoms with Crippen molar-refractivity contribution < 1.29 is 22.8 Å². The first-order valence-corrected chi connectivity index (χ1v) is 5.70. The zero-order valence-corrected chi connectivity index (χ0v) is 8.72. The first kappa shape index (κ1) is 12.1. The van der Waals surface area contributed by atoms with Crippen LogP contribution in [0.5, 0.6) is 0 Å². The molecule has 0 radical (unpaired) electrons. The van der Waals surface area contributed by atoms with Crippen molar-refractivity contribution in [3.05, 3.63) is 30.3 Å². The van der Waals surface area contributed by atoms with E-state index in [-0.39, 0.29) is 4.90 Å². The minimum atomic E-state index is -3.84. The maximum absolute atomic E-state index is 11.4. The van der Waals surface area contributed by atoms with E-state index in [9.17, 15) is 8.42 Å². The van der Waals surface area contributed by atoms with Gasteiger partial charge >= 0.3 is 0 Å². The Balaban J connectivity index is 2.69. The number of benzene rings is 1. The Hall–Kier alpha value is -0.950. The van der Waals surface area contributed by atoms with Crippen molar-refractivity contribution in [1.29, 1.82) is 0 Å². The number of aliphatic hydroxyl groups is 2. The molecule has 1 unspecified atom stereocenters. The summed E-state index contributed by atoms with van der Waals surface area (Å²) in [7, 11) is -3.84. The summed E-state index contributed by atoms with van der Waals surface area (Å²) in [4.78, 5) is 0.0233. The van der Waals surface area contributed by atoms with Crippen LogP contribution in [0, 0.1) is 0 Å². The molecular formula is C9H12O5S. The molecule has 0 fully saturated rings. The van der Waals surface area contributed by atoms with Gasteiger partial charge in [0.2, 0.25) is 0 Å². The second-order valence-electron chi connectivity index (χ2n) is 2.89. The van der Waals surface area contributed by atoms with Crippen molar-refractivity contribution in [2.75, 3.05) is 13.2 Å². The fraction of sp³-hybridized carbons (Fsp3) is 0.333. The maximum atomic E-state index is 11.4. The van der Waals surface area contributed by atoms with Crippen molar-refractivity contribution in [3.8, 4) is 0 Å². The quantitative estimate of drug-likeness (QED) is 0.684. The van der Waals surface area contributed by atoms with Gasteiger partial charge < -0.3 is 10.2 Å². The van der Waals surface area contributed by atoms with E-state index in [1.54, 1.807) is 18.2 Å². The summed E-state index contributed by atoms with van der Waals surface area (Å²) in [6, 6.07) is 7.60. The van der Waals surface area contributed by atoms with E-state index in [1.807, 2.05) is 0 Å². The summed E-state index contributed by atoms with van der Waals surface area (Å²) in [5.41, 5.74) is 0. The monoisotopic (exact) mass is 232 g/mol. The van der Waals surface area contributed by atoms with Gasteiger partial charge in [-0.3, -0.25) is 4.18 Å². The lowest BCUT2D eigenvalue weighted by Gasteiger charge is -2.08. The molecule has 0 aromatic heterocycles. The van der Waals surface area contributed by atoms with Gasteiger partial charge in [-0.2, -0.15) is 8.42 Å². The fourth-order valence-electron chi connectivity index (χ4n) is 0.876. The molecule has 0 aliphatic heterocycles. The second-order valence-corrected chi connectivity index (χ2v) is 4.50. The first-order valence-electron chi connectivity index (χ1n) is 4.29. The SMILES string of the molecule is O=S(=O)(OCC(O)CO)c1ccccc1. The van der Waals surface area contributed by atoms with Crippen LogP contribution in [0.1, 0.15) is 0 Å². The van der Waals surface area contributed by atoms with E-state index in [4.69, 9.17) is 10.2 Å². The van der Waals surface area contributed by atoms with Gasteiger partial charge in [0.15, 0.2) is 0 Å². The molecule has 2 N–H and O–H groups in total. The maximum Gasteiger partial charge on any atom is 0.297 e. The predicted molar refractivity (Wildman–Crippen MR) is 52.7 cm³/mol. The summed E-state index contributed by atoms with van der Waals surface area (Å²) in [6.07, 6.45) is -1.19. The highest BCUT2D eigenvalue weighted by Gasteiger charge is 2.16. The molecule has 0 aliphatic carbocycles. The summed E-state index contributed by atoms with van der Waals surface area (Å²) in [5.74, 6) is 0. The lowest BCUT2D eigenvalue weighted by Crippen LogP contribution is -2.22. The Morgan fingerprint density at radius 1 is 1.27 bits per heavy atom. The molecule has 6 heteroatoms. The van der Waals surface area contributed by atoms with Gasteiger partial charge in [-0.05, 0) is 12.1 Å². The lowest BCUT2D eigenvalue weighted by molar-refractivity contribution is 0.0557. The van der Waals surface area contributed by atoms with Crippen LogP contribution >= 0.6 is 0 Å². The molecule has 0 spiro atoms. The summed E-state index contributed by atoms with van der Waals surface area (Å²) in [5, 5.41) is 17.4. The Morgan fingerprint density at radius 2 is 1.87 bits per heavy atom. The highest BCUT2D eigenvalue weighted by Crippen LogP contribution is 2.11. The summed E-state index contributed by atoms with van der Waals surface area (Å²) in [6.45, 7) is -0.988. The van der Waals surface area contributed by atoms with Crippen molar-refractivity contribution >= 4 is 10.1 Å². The van der Waals surface area contributed by atoms with E-state index in [2.05, 4.69) is 4.18 Å². The molecule has 84 valence electrons. The third-order valence-electron chi connectivity index (χ3n) is 1.66. The van der Waals surface area contributed by atoms with Gasteiger partial charge in [0.05, 0.1) is 18.1 Å². The van der Waals surface area contributed by atoms with Gasteiger partial charge in [-0.15, -0.1) is 0 Å². The first-order chi connectivity index (χ1) is 7.06. The zero-order chi connectivity index (χ0) is 11.3. The van der Waals surface area contributed by atoms with Crippen molar-refractivity contribution in [2.24, 2.45) is 0 Å². The molecule has 0 amide bonds. The molecule has 15 heavy (non-hydrogen) atoms. The Kier molecular flexibility index (Phi) is 4.22. The van der Waals surface area contributed by atoms with Crippen LogP contribution in [0.4, 0.5) is 0 Å². The van der Waals surface area contributed by atoms with E-state index in [1.165, 1.54) is 12.1 Å². The Morgan fingerprint density at radius 3 is 2.40 bits per heavy atom. The van der Waals surface area contributed by atoms with Crippen LogP contribution in [-0.4, -0.2) is 37.9 Å². The molecule has 5 nitrogen and oxygen atoms in total. The molecule has 1 atom stereocenters. The zero-order valence-electron chi connectivity index (χ0n) is 7.91. The Labute approximate surface area is 88.1 Å². The molecule has 0 saturated heterocycles. The minimum absolute atomic E-state index is 0.0233. The van der Waals surface area contributed by atoms with Gasteiger partial charge in [-0.1, -0.05) is 18.2 Å². The fourth-order valence-corrected chi connectivity index (χ4v) is 1.84. The van der Waals surface area contributed by atoms with E-state index < -0.39 is 29.4 Å². The van der Waals surface area contributed by atoms with E-state index in [0.717, 1.165) is 0 Å². The molecule has 1 aromatic carbocycles. The molecular weight excluding hydrogens is 220 g/mol. The summed E-state index contributed by atoms with van der Waals surface area (Å²) < 4.78 is 27.4. The third-order valence-corrected chi connectivity index (χ3v) is 2.95. The van der Waals surface area contributed by atoms with Crippen LogP contribution in [0.15, 0.2) is 35.2 Å². The van der Waals surface area contributed by atoms with E-state index in [0.29, 0.717) is 0 Å². The molecule has 0 aliphatic rings. The molecule has 0 heterocycles. The lowest BCUT2D eigenvalue weighted by atomic mass is 10.4. The number of rotatable bonds is 5. The average molecular weight is 232 g/mol. The molecule has 0 saturated carbocycles. The van der Waals surface area contributed by atoms with Crippen LogP contribution in [-0.2, 0) is 14.3 Å². The molecule has 1 rings (SSSR count). The average Bonchev–Trinajstić information content (AvgIpc) is 2.27. The van der Waals surface area contributed by atoms with E-state index >= 15 is 0 Å². The van der Waals surface area contributed by atoms with Gasteiger partial charge in [0.1, 0.15) is 6.10 Å². The number of aliphatic hydroxyl groups excluding tert-OH is 2. The predicted octanol–water partition coefficient (Wildman–Crippen LogP) is -0.255. The van der Waals surface area contributed by atoms with Crippen LogP contribution in [0.3, 0.4) is 0 Å².